The van der Waals surface area contributed by atoms with Crippen LogP contribution in [0, 0.1) is 5.82 Å². The highest BCUT2D eigenvalue weighted by molar-refractivity contribution is 7.92. The minimum Gasteiger partial charge on any atom is -0.494 e. The molecule has 2 aromatic rings. The lowest BCUT2D eigenvalue weighted by molar-refractivity contribution is 0.386. The van der Waals surface area contributed by atoms with Crippen molar-refractivity contribution in [1.29, 1.82) is 0 Å². The van der Waals surface area contributed by atoms with Gasteiger partial charge in [-0.1, -0.05) is 0 Å². The average Bonchev–Trinajstić information content (AvgIpc) is 2.39. The van der Waals surface area contributed by atoms with E-state index in [4.69, 9.17) is 10.5 Å². The van der Waals surface area contributed by atoms with Crippen LogP contribution in [0.25, 0.3) is 0 Å². The molecule has 0 saturated heterocycles. The Kier molecular flexibility index (Phi) is 3.75. The molecule has 20 heavy (non-hydrogen) atoms. The zero-order valence-corrected chi connectivity index (χ0v) is 11.3. The first-order chi connectivity index (χ1) is 9.42. The van der Waals surface area contributed by atoms with Crippen molar-refractivity contribution in [2.24, 2.45) is 0 Å². The van der Waals surface area contributed by atoms with E-state index in [2.05, 4.69) is 9.71 Å². The molecule has 0 unspecified atom stereocenters. The van der Waals surface area contributed by atoms with Crippen molar-refractivity contribution in [3.63, 3.8) is 0 Å². The molecule has 1 aromatic carbocycles. The maximum absolute atomic E-state index is 13.5. The Bertz CT molecular complexity index is 717. The number of nitrogens with zero attached hydrogens (tertiary/aromatic N) is 1. The summed E-state index contributed by atoms with van der Waals surface area (Å²) >= 11 is 0. The number of anilines is 2. The summed E-state index contributed by atoms with van der Waals surface area (Å²) in [5.74, 6) is -0.426. The Morgan fingerprint density at radius 2 is 2.05 bits per heavy atom. The summed E-state index contributed by atoms with van der Waals surface area (Å²) < 4.78 is 44.6. The molecule has 0 spiro atoms. The molecule has 1 heterocycles. The third kappa shape index (κ3) is 2.97. The zero-order valence-electron chi connectivity index (χ0n) is 10.5. The molecule has 0 aliphatic rings. The normalized spacial score (nSPS) is 11.1. The lowest BCUT2D eigenvalue weighted by atomic mass is 10.3. The second-order valence-corrected chi connectivity index (χ2v) is 5.56. The Labute approximate surface area is 115 Å². The Hall–Kier alpha value is -2.35. The van der Waals surface area contributed by atoms with E-state index in [1.165, 1.54) is 31.4 Å². The number of hydrogen-bond donors (Lipinski definition) is 2. The second-order valence-electron chi connectivity index (χ2n) is 3.87. The van der Waals surface area contributed by atoms with Gasteiger partial charge in [0.25, 0.3) is 10.0 Å². The summed E-state index contributed by atoms with van der Waals surface area (Å²) in [5.41, 5.74) is 5.47. The zero-order chi connectivity index (χ0) is 14.8. The molecule has 8 heteroatoms. The van der Waals surface area contributed by atoms with Gasteiger partial charge in [0.05, 0.1) is 12.8 Å². The van der Waals surface area contributed by atoms with Gasteiger partial charge in [-0.15, -0.1) is 0 Å². The molecule has 2 rings (SSSR count). The summed E-state index contributed by atoms with van der Waals surface area (Å²) in [7, 11) is -2.52. The molecule has 3 N–H and O–H groups in total. The number of aromatic nitrogens is 1. The highest BCUT2D eigenvalue weighted by Gasteiger charge is 2.15. The summed E-state index contributed by atoms with van der Waals surface area (Å²) in [4.78, 5) is 3.63. The Balaban J connectivity index is 2.28. The van der Waals surface area contributed by atoms with Crippen molar-refractivity contribution in [2.45, 2.75) is 4.90 Å². The van der Waals surface area contributed by atoms with Crippen LogP contribution in [0.1, 0.15) is 0 Å². The fourth-order valence-electron chi connectivity index (χ4n) is 1.49. The van der Waals surface area contributed by atoms with E-state index in [1.54, 1.807) is 0 Å². The largest absolute Gasteiger partial charge is 0.494 e. The molecular formula is C12H12FN3O3S. The molecule has 1 aromatic heterocycles. The van der Waals surface area contributed by atoms with Gasteiger partial charge in [-0.25, -0.2) is 17.8 Å². The molecule has 0 aliphatic heterocycles. The summed E-state index contributed by atoms with van der Waals surface area (Å²) in [5, 5.41) is 0. The van der Waals surface area contributed by atoms with Gasteiger partial charge in [-0.3, -0.25) is 4.72 Å². The number of benzene rings is 1. The van der Waals surface area contributed by atoms with E-state index >= 15 is 0 Å². The smallest absolute Gasteiger partial charge is 0.263 e. The van der Waals surface area contributed by atoms with Crippen LogP contribution in [0.5, 0.6) is 5.75 Å². The van der Waals surface area contributed by atoms with Crippen LogP contribution in [0.2, 0.25) is 0 Å². The minimum atomic E-state index is -3.84. The molecule has 0 atom stereocenters. The number of sulfonamides is 1. The number of nitrogens with one attached hydrogen (secondary N) is 1. The van der Waals surface area contributed by atoms with Crippen LogP contribution in [0.15, 0.2) is 41.4 Å². The first-order valence-electron chi connectivity index (χ1n) is 5.50. The molecular weight excluding hydrogens is 285 g/mol. The lowest BCUT2D eigenvalue weighted by Crippen LogP contribution is -2.13. The fourth-order valence-corrected chi connectivity index (χ4v) is 2.49. The van der Waals surface area contributed by atoms with Crippen LogP contribution in [0.3, 0.4) is 0 Å². The first kappa shape index (κ1) is 14.1. The Morgan fingerprint density at radius 1 is 1.30 bits per heavy atom. The van der Waals surface area contributed by atoms with Crippen molar-refractivity contribution in [3.05, 3.63) is 42.3 Å². The predicted octanol–water partition coefficient (Wildman–Crippen LogP) is 1.61. The number of nitrogen functional groups attached to an aromatic ring is 1. The number of nitrogens with two attached hydrogens (primary N) is 1. The van der Waals surface area contributed by atoms with Gasteiger partial charge in [0, 0.05) is 12.3 Å². The topological polar surface area (TPSA) is 94.3 Å². The van der Waals surface area contributed by atoms with E-state index in [-0.39, 0.29) is 22.2 Å². The van der Waals surface area contributed by atoms with E-state index < -0.39 is 15.8 Å². The highest BCUT2D eigenvalue weighted by Crippen LogP contribution is 2.22. The SMILES string of the molecule is COc1ccc(NS(=O)(=O)c2ccc(N)nc2)cc1F. The number of halogens is 1. The molecule has 6 nitrogen and oxygen atoms in total. The molecule has 0 radical (unpaired) electrons. The van der Waals surface area contributed by atoms with Crippen molar-refractivity contribution >= 4 is 21.5 Å². The van der Waals surface area contributed by atoms with Crippen LogP contribution in [0.4, 0.5) is 15.9 Å². The standard InChI is InChI=1S/C12H12FN3O3S/c1-19-11-4-2-8(6-10(11)13)16-20(17,18)9-3-5-12(14)15-7-9/h2-7,16H,1H3,(H2,14,15). The number of pyridine rings is 1. The molecule has 0 saturated carbocycles. The van der Waals surface area contributed by atoms with E-state index in [0.717, 1.165) is 12.3 Å². The number of ether oxygens (including phenoxy) is 1. The number of rotatable bonds is 4. The maximum atomic E-state index is 13.5. The van der Waals surface area contributed by atoms with Crippen molar-refractivity contribution in [2.75, 3.05) is 17.6 Å². The molecule has 0 bridgehead atoms. The molecule has 106 valence electrons. The molecule has 0 aliphatic carbocycles. The minimum absolute atomic E-state index is 0.0297. The van der Waals surface area contributed by atoms with Crippen molar-refractivity contribution in [3.8, 4) is 5.75 Å². The van der Waals surface area contributed by atoms with Crippen LogP contribution < -0.4 is 15.2 Å². The van der Waals surface area contributed by atoms with Gasteiger partial charge in [-0.05, 0) is 24.3 Å². The van der Waals surface area contributed by atoms with E-state index in [1.807, 2.05) is 0 Å². The van der Waals surface area contributed by atoms with Gasteiger partial charge < -0.3 is 10.5 Å². The van der Waals surface area contributed by atoms with Gasteiger partial charge >= 0.3 is 0 Å². The van der Waals surface area contributed by atoms with E-state index in [9.17, 15) is 12.8 Å². The summed E-state index contributed by atoms with van der Waals surface area (Å²) in [6, 6.07) is 6.42. The lowest BCUT2D eigenvalue weighted by Gasteiger charge is -2.09. The highest BCUT2D eigenvalue weighted by atomic mass is 32.2. The predicted molar refractivity (Wildman–Crippen MR) is 72.4 cm³/mol. The Morgan fingerprint density at radius 3 is 2.60 bits per heavy atom. The maximum Gasteiger partial charge on any atom is 0.263 e. The van der Waals surface area contributed by atoms with Crippen LogP contribution in [-0.2, 0) is 10.0 Å². The third-order valence-corrected chi connectivity index (χ3v) is 3.84. The van der Waals surface area contributed by atoms with Crippen LogP contribution in [-0.4, -0.2) is 20.5 Å². The van der Waals surface area contributed by atoms with Crippen molar-refractivity contribution in [1.82, 2.24) is 4.98 Å². The fraction of sp³-hybridized carbons (Fsp3) is 0.0833. The van der Waals surface area contributed by atoms with Crippen LogP contribution >= 0.6 is 0 Å². The molecule has 0 amide bonds. The molecule has 0 fully saturated rings. The van der Waals surface area contributed by atoms with Gasteiger partial charge in [0.15, 0.2) is 11.6 Å². The summed E-state index contributed by atoms with van der Waals surface area (Å²) in [6.45, 7) is 0. The number of methoxy groups -OCH3 is 1. The second kappa shape index (κ2) is 5.33. The quantitative estimate of drug-likeness (QED) is 0.894. The van der Waals surface area contributed by atoms with Crippen molar-refractivity contribution < 1.29 is 17.5 Å². The average molecular weight is 297 g/mol. The van der Waals surface area contributed by atoms with E-state index in [0.29, 0.717) is 0 Å². The van der Waals surface area contributed by atoms with Gasteiger partial charge in [-0.2, -0.15) is 0 Å². The monoisotopic (exact) mass is 297 g/mol. The first-order valence-corrected chi connectivity index (χ1v) is 6.98. The third-order valence-electron chi connectivity index (χ3n) is 2.47. The van der Waals surface area contributed by atoms with Gasteiger partial charge in [0.1, 0.15) is 10.7 Å². The van der Waals surface area contributed by atoms with Gasteiger partial charge in [0.2, 0.25) is 0 Å². The summed E-state index contributed by atoms with van der Waals surface area (Å²) in [6.07, 6.45) is 1.12. The number of hydrogen-bond acceptors (Lipinski definition) is 5.